The third-order valence-electron chi connectivity index (χ3n) is 1.65. The Morgan fingerprint density at radius 3 is 2.93 bits per heavy atom. The van der Waals surface area contributed by atoms with E-state index in [1.807, 2.05) is 0 Å². The number of anilines is 2. The maximum atomic E-state index is 8.68. The predicted octanol–water partition coefficient (Wildman–Crippen LogP) is 2.46. The van der Waals surface area contributed by atoms with Gasteiger partial charge in [0.1, 0.15) is 0 Å². The molecule has 0 aliphatic rings. The lowest BCUT2D eigenvalue weighted by Gasteiger charge is -2.08. The van der Waals surface area contributed by atoms with Crippen LogP contribution in [0.4, 0.5) is 11.4 Å². The molecule has 14 heavy (non-hydrogen) atoms. The molecule has 3 nitrogen and oxygen atoms in total. The minimum Gasteiger partial charge on any atom is -0.397 e. The largest absolute Gasteiger partial charge is 0.397 e. The fourth-order valence-corrected chi connectivity index (χ4v) is 1.11. The summed E-state index contributed by atoms with van der Waals surface area (Å²) >= 11 is 3.23. The molecule has 0 spiro atoms. The number of nitrogens with zero attached hydrogens (tertiary/aromatic N) is 1. The number of rotatable bonds is 3. The zero-order valence-electron chi connectivity index (χ0n) is 7.55. The highest BCUT2D eigenvalue weighted by Crippen LogP contribution is 2.20. The normalized spacial score (nSPS) is 9.14. The molecule has 0 aliphatic heterocycles. The van der Waals surface area contributed by atoms with E-state index in [1.165, 1.54) is 0 Å². The highest BCUT2D eigenvalue weighted by Gasteiger charge is 2.00. The van der Waals surface area contributed by atoms with Crippen LogP contribution in [0.25, 0.3) is 0 Å². The highest BCUT2D eigenvalue weighted by molar-refractivity contribution is 9.11. The van der Waals surface area contributed by atoms with Crippen LogP contribution in [0.3, 0.4) is 0 Å². The quantitative estimate of drug-likeness (QED) is 0.812. The minimum absolute atomic E-state index is 0.582. The number of nitrogens with two attached hydrogens (primary N) is 1. The number of hydrogen-bond donors (Lipinski definition) is 2. The minimum atomic E-state index is 0.582. The van der Waals surface area contributed by atoms with Crippen molar-refractivity contribution in [3.05, 3.63) is 34.8 Å². The summed E-state index contributed by atoms with van der Waals surface area (Å²) < 4.78 is 0.833. The van der Waals surface area contributed by atoms with Crippen molar-refractivity contribution in [2.45, 2.75) is 0 Å². The smallest absolute Gasteiger partial charge is 0.0992 e. The third kappa shape index (κ3) is 2.79. The van der Waals surface area contributed by atoms with E-state index in [9.17, 15) is 0 Å². The maximum Gasteiger partial charge on any atom is 0.0992 e. The summed E-state index contributed by atoms with van der Waals surface area (Å²) in [5.74, 6) is 0. The van der Waals surface area contributed by atoms with Crippen LogP contribution in [-0.2, 0) is 0 Å². The molecular weight excluding hydrogens is 242 g/mol. The van der Waals surface area contributed by atoms with Crippen molar-refractivity contribution in [2.75, 3.05) is 17.6 Å². The lowest BCUT2D eigenvalue weighted by molar-refractivity contribution is 1.32. The Labute approximate surface area is 91.4 Å². The SMILES string of the molecule is C=C(Br)CNc1cc(C#N)ccc1N. The maximum absolute atomic E-state index is 8.68. The van der Waals surface area contributed by atoms with Gasteiger partial charge in [0, 0.05) is 11.0 Å². The topological polar surface area (TPSA) is 61.8 Å². The van der Waals surface area contributed by atoms with Crippen molar-refractivity contribution in [1.82, 2.24) is 0 Å². The van der Waals surface area contributed by atoms with Crippen LogP contribution in [0.15, 0.2) is 29.3 Å². The molecule has 0 amide bonds. The number of benzene rings is 1. The van der Waals surface area contributed by atoms with Gasteiger partial charge in [0.05, 0.1) is 23.0 Å². The van der Waals surface area contributed by atoms with E-state index in [0.717, 1.165) is 10.2 Å². The van der Waals surface area contributed by atoms with Gasteiger partial charge in [-0.3, -0.25) is 0 Å². The molecule has 1 aromatic rings. The Bertz CT molecular complexity index is 393. The number of nitriles is 1. The molecule has 0 bridgehead atoms. The molecular formula is C10H10BrN3. The van der Waals surface area contributed by atoms with Gasteiger partial charge in [0.15, 0.2) is 0 Å². The number of hydrogen-bond acceptors (Lipinski definition) is 3. The van der Waals surface area contributed by atoms with Crippen molar-refractivity contribution >= 4 is 27.3 Å². The Morgan fingerprint density at radius 2 is 2.36 bits per heavy atom. The van der Waals surface area contributed by atoms with Crippen molar-refractivity contribution in [3.63, 3.8) is 0 Å². The number of nitrogens with one attached hydrogen (secondary N) is 1. The summed E-state index contributed by atoms with van der Waals surface area (Å²) in [5.41, 5.74) is 7.68. The molecule has 0 fully saturated rings. The van der Waals surface area contributed by atoms with Gasteiger partial charge in [-0.05, 0) is 18.2 Å². The lowest BCUT2D eigenvalue weighted by atomic mass is 10.2. The monoisotopic (exact) mass is 251 g/mol. The number of halogens is 1. The summed E-state index contributed by atoms with van der Waals surface area (Å²) in [4.78, 5) is 0. The van der Waals surface area contributed by atoms with Crippen LogP contribution in [0.5, 0.6) is 0 Å². The predicted molar refractivity (Wildman–Crippen MR) is 62.1 cm³/mol. The van der Waals surface area contributed by atoms with Gasteiger partial charge in [-0.2, -0.15) is 5.26 Å². The zero-order valence-corrected chi connectivity index (χ0v) is 9.13. The van der Waals surface area contributed by atoms with E-state index in [-0.39, 0.29) is 0 Å². The molecule has 0 heterocycles. The zero-order chi connectivity index (χ0) is 10.6. The van der Waals surface area contributed by atoms with Gasteiger partial charge in [-0.1, -0.05) is 22.5 Å². The molecule has 72 valence electrons. The van der Waals surface area contributed by atoms with E-state index in [2.05, 4.69) is 33.9 Å². The first-order chi connectivity index (χ1) is 6.63. The van der Waals surface area contributed by atoms with Crippen molar-refractivity contribution in [1.29, 1.82) is 5.26 Å². The molecule has 0 aromatic heterocycles. The molecule has 0 saturated heterocycles. The van der Waals surface area contributed by atoms with Gasteiger partial charge in [0.2, 0.25) is 0 Å². The van der Waals surface area contributed by atoms with E-state index in [4.69, 9.17) is 11.0 Å². The van der Waals surface area contributed by atoms with E-state index in [0.29, 0.717) is 17.8 Å². The van der Waals surface area contributed by atoms with Gasteiger partial charge < -0.3 is 11.1 Å². The van der Waals surface area contributed by atoms with E-state index in [1.54, 1.807) is 18.2 Å². The molecule has 0 aliphatic carbocycles. The van der Waals surface area contributed by atoms with Crippen LogP contribution in [0, 0.1) is 11.3 Å². The average Bonchev–Trinajstić information content (AvgIpc) is 2.16. The van der Waals surface area contributed by atoms with Crippen LogP contribution in [0.2, 0.25) is 0 Å². The second kappa shape index (κ2) is 4.68. The molecule has 1 aromatic carbocycles. The second-order valence-corrected chi connectivity index (χ2v) is 3.91. The van der Waals surface area contributed by atoms with Crippen LogP contribution in [0.1, 0.15) is 5.56 Å². The molecule has 0 saturated carbocycles. The number of nitrogen functional groups attached to an aromatic ring is 1. The van der Waals surface area contributed by atoms with Crippen LogP contribution >= 0.6 is 15.9 Å². The van der Waals surface area contributed by atoms with Crippen molar-refractivity contribution in [3.8, 4) is 6.07 Å². The summed E-state index contributed by atoms with van der Waals surface area (Å²) in [5, 5.41) is 11.7. The first kappa shape index (κ1) is 10.6. The van der Waals surface area contributed by atoms with Crippen LogP contribution in [-0.4, -0.2) is 6.54 Å². The highest BCUT2D eigenvalue weighted by atomic mass is 79.9. The summed E-state index contributed by atoms with van der Waals surface area (Å²) in [7, 11) is 0. The van der Waals surface area contributed by atoms with Gasteiger partial charge in [-0.25, -0.2) is 0 Å². The molecule has 0 unspecified atom stereocenters. The Kier molecular flexibility index (Phi) is 3.55. The van der Waals surface area contributed by atoms with Gasteiger partial charge in [0.25, 0.3) is 0 Å². The molecule has 3 N–H and O–H groups in total. The lowest BCUT2D eigenvalue weighted by Crippen LogP contribution is -2.03. The van der Waals surface area contributed by atoms with E-state index < -0.39 is 0 Å². The Balaban J connectivity index is 2.85. The standard InChI is InChI=1S/C10H10BrN3/c1-7(11)6-14-10-4-8(5-12)2-3-9(10)13/h2-4,14H,1,6,13H2. The van der Waals surface area contributed by atoms with Crippen molar-refractivity contribution in [2.24, 2.45) is 0 Å². The average molecular weight is 252 g/mol. The second-order valence-electron chi connectivity index (χ2n) is 2.78. The summed E-state index contributed by atoms with van der Waals surface area (Å²) in [6.07, 6.45) is 0. The third-order valence-corrected chi connectivity index (χ3v) is 1.93. The van der Waals surface area contributed by atoms with E-state index >= 15 is 0 Å². The first-order valence-electron chi connectivity index (χ1n) is 4.00. The molecule has 0 radical (unpaired) electrons. The molecule has 4 heteroatoms. The summed E-state index contributed by atoms with van der Waals surface area (Å²) in [6, 6.07) is 7.16. The molecule has 0 atom stereocenters. The van der Waals surface area contributed by atoms with Gasteiger partial charge >= 0.3 is 0 Å². The first-order valence-corrected chi connectivity index (χ1v) is 4.79. The Morgan fingerprint density at radius 1 is 1.64 bits per heavy atom. The summed E-state index contributed by atoms with van der Waals surface area (Å²) in [6.45, 7) is 4.27. The Hall–Kier alpha value is -1.47. The fourth-order valence-electron chi connectivity index (χ4n) is 0.970. The van der Waals surface area contributed by atoms with Crippen molar-refractivity contribution < 1.29 is 0 Å². The fraction of sp³-hybridized carbons (Fsp3) is 0.100. The van der Waals surface area contributed by atoms with Gasteiger partial charge in [-0.15, -0.1) is 0 Å². The molecule has 1 rings (SSSR count). The van der Waals surface area contributed by atoms with Crippen LogP contribution < -0.4 is 11.1 Å².